The van der Waals surface area contributed by atoms with Crippen molar-refractivity contribution in [1.82, 2.24) is 14.4 Å². The minimum atomic E-state index is 0.456. The molecule has 0 aliphatic carbocycles. The highest BCUT2D eigenvalue weighted by molar-refractivity contribution is 5.57. The average molecular weight is 259 g/mol. The number of nitrogens with zero attached hydrogens (tertiary/aromatic N) is 3. The number of methoxy groups -OCH3 is 2. The fourth-order valence-electron chi connectivity index (χ4n) is 1.87. The van der Waals surface area contributed by atoms with E-state index in [2.05, 4.69) is 9.97 Å². The number of fused-ring (bicyclic) bond motifs is 1. The summed E-state index contributed by atoms with van der Waals surface area (Å²) in [5.74, 6) is 3.09. The maximum Gasteiger partial charge on any atom is 0.240 e. The molecule has 0 atom stereocenters. The first-order valence-corrected chi connectivity index (χ1v) is 5.76. The fourth-order valence-corrected chi connectivity index (χ4v) is 1.87. The van der Waals surface area contributed by atoms with E-state index in [1.807, 2.05) is 25.3 Å². The monoisotopic (exact) mass is 259 g/mol. The van der Waals surface area contributed by atoms with Crippen molar-refractivity contribution in [3.63, 3.8) is 0 Å². The second-order valence-corrected chi connectivity index (χ2v) is 4.05. The van der Waals surface area contributed by atoms with Crippen molar-refractivity contribution in [2.24, 2.45) is 0 Å². The first-order valence-electron chi connectivity index (χ1n) is 5.76. The molecular formula is C13H13N3O3. The molecule has 3 heterocycles. The molecule has 3 aromatic rings. The number of imidazole rings is 1. The van der Waals surface area contributed by atoms with Crippen LogP contribution in [0, 0.1) is 6.92 Å². The standard InChI is InChI=1S/C13H13N3O3/c1-8-4-5-10(19-8)9-7-16-12(18-3)6-11(17-2)15-13(16)14-9/h4-7H,1-3H3. The minimum Gasteiger partial charge on any atom is -0.482 e. The molecule has 19 heavy (non-hydrogen) atoms. The Hall–Kier alpha value is -2.50. The van der Waals surface area contributed by atoms with Crippen LogP contribution in [0.15, 0.2) is 28.8 Å². The Bertz CT molecular complexity index is 730. The molecule has 6 nitrogen and oxygen atoms in total. The van der Waals surface area contributed by atoms with Gasteiger partial charge in [0.1, 0.15) is 11.5 Å². The third kappa shape index (κ3) is 1.91. The first kappa shape index (κ1) is 11.6. The van der Waals surface area contributed by atoms with E-state index in [-0.39, 0.29) is 0 Å². The summed E-state index contributed by atoms with van der Waals surface area (Å²) in [6, 6.07) is 5.47. The van der Waals surface area contributed by atoms with E-state index >= 15 is 0 Å². The Morgan fingerprint density at radius 1 is 1.16 bits per heavy atom. The van der Waals surface area contributed by atoms with Crippen molar-refractivity contribution in [1.29, 1.82) is 0 Å². The van der Waals surface area contributed by atoms with E-state index in [0.717, 1.165) is 5.76 Å². The maximum atomic E-state index is 5.55. The van der Waals surface area contributed by atoms with E-state index in [1.165, 1.54) is 0 Å². The molecule has 0 saturated heterocycles. The Balaban J connectivity index is 2.19. The Morgan fingerprint density at radius 3 is 2.63 bits per heavy atom. The summed E-state index contributed by atoms with van der Waals surface area (Å²) in [7, 11) is 3.14. The van der Waals surface area contributed by atoms with Crippen molar-refractivity contribution in [2.45, 2.75) is 6.92 Å². The lowest BCUT2D eigenvalue weighted by Crippen LogP contribution is -1.97. The zero-order chi connectivity index (χ0) is 13.4. The van der Waals surface area contributed by atoms with Crippen LogP contribution in [0.5, 0.6) is 11.8 Å². The number of rotatable bonds is 3. The highest BCUT2D eigenvalue weighted by atomic mass is 16.5. The van der Waals surface area contributed by atoms with Gasteiger partial charge in [-0.3, -0.25) is 4.40 Å². The molecule has 0 N–H and O–H groups in total. The highest BCUT2D eigenvalue weighted by Gasteiger charge is 2.13. The molecule has 3 rings (SSSR count). The highest BCUT2D eigenvalue weighted by Crippen LogP contribution is 2.25. The van der Waals surface area contributed by atoms with Gasteiger partial charge in [0.05, 0.1) is 20.3 Å². The van der Waals surface area contributed by atoms with Gasteiger partial charge in [-0.05, 0) is 19.1 Å². The average Bonchev–Trinajstić information content (AvgIpc) is 3.02. The molecule has 0 amide bonds. The summed E-state index contributed by atoms with van der Waals surface area (Å²) >= 11 is 0. The van der Waals surface area contributed by atoms with Gasteiger partial charge in [-0.1, -0.05) is 0 Å². The number of furan rings is 1. The molecule has 0 aliphatic rings. The molecule has 0 bridgehead atoms. The van der Waals surface area contributed by atoms with Crippen LogP contribution in [-0.4, -0.2) is 28.6 Å². The van der Waals surface area contributed by atoms with Gasteiger partial charge in [0, 0.05) is 6.20 Å². The van der Waals surface area contributed by atoms with Crippen LogP contribution in [0.25, 0.3) is 17.2 Å². The summed E-state index contributed by atoms with van der Waals surface area (Å²) in [4.78, 5) is 8.67. The molecular weight excluding hydrogens is 246 g/mol. The van der Waals surface area contributed by atoms with Crippen LogP contribution in [-0.2, 0) is 0 Å². The van der Waals surface area contributed by atoms with Crippen LogP contribution in [0.1, 0.15) is 5.76 Å². The Morgan fingerprint density at radius 2 is 2.00 bits per heavy atom. The van der Waals surface area contributed by atoms with Crippen molar-refractivity contribution >= 4 is 5.78 Å². The molecule has 0 saturated carbocycles. The third-order valence-electron chi connectivity index (χ3n) is 2.79. The van der Waals surface area contributed by atoms with Gasteiger partial charge in [0.25, 0.3) is 0 Å². The molecule has 3 aromatic heterocycles. The van der Waals surface area contributed by atoms with E-state index in [1.54, 1.807) is 24.7 Å². The van der Waals surface area contributed by atoms with Crippen LogP contribution in [0.4, 0.5) is 0 Å². The number of ether oxygens (including phenoxy) is 2. The molecule has 98 valence electrons. The van der Waals surface area contributed by atoms with Crippen molar-refractivity contribution in [2.75, 3.05) is 14.2 Å². The van der Waals surface area contributed by atoms with Crippen LogP contribution in [0.2, 0.25) is 0 Å². The summed E-state index contributed by atoms with van der Waals surface area (Å²) in [6.45, 7) is 1.89. The molecule has 0 fully saturated rings. The zero-order valence-corrected chi connectivity index (χ0v) is 10.9. The van der Waals surface area contributed by atoms with Gasteiger partial charge in [0.15, 0.2) is 5.76 Å². The zero-order valence-electron chi connectivity index (χ0n) is 10.9. The van der Waals surface area contributed by atoms with E-state index in [9.17, 15) is 0 Å². The van der Waals surface area contributed by atoms with Crippen LogP contribution < -0.4 is 9.47 Å². The van der Waals surface area contributed by atoms with Gasteiger partial charge < -0.3 is 13.9 Å². The lowest BCUT2D eigenvalue weighted by molar-refractivity contribution is 0.369. The fraction of sp³-hybridized carbons (Fsp3) is 0.231. The maximum absolute atomic E-state index is 5.55. The van der Waals surface area contributed by atoms with E-state index < -0.39 is 0 Å². The van der Waals surface area contributed by atoms with E-state index in [4.69, 9.17) is 13.9 Å². The first-order chi connectivity index (χ1) is 9.21. The lowest BCUT2D eigenvalue weighted by atomic mass is 10.3. The molecule has 0 aliphatic heterocycles. The van der Waals surface area contributed by atoms with Gasteiger partial charge >= 0.3 is 0 Å². The third-order valence-corrected chi connectivity index (χ3v) is 2.79. The van der Waals surface area contributed by atoms with Crippen molar-refractivity contribution < 1.29 is 13.9 Å². The lowest BCUT2D eigenvalue weighted by Gasteiger charge is -2.04. The number of aromatic nitrogens is 3. The van der Waals surface area contributed by atoms with Crippen molar-refractivity contribution in [3.8, 4) is 23.2 Å². The summed E-state index contributed by atoms with van der Waals surface area (Å²) in [6.07, 6.45) is 1.82. The van der Waals surface area contributed by atoms with Crippen LogP contribution in [0.3, 0.4) is 0 Å². The normalized spacial score (nSPS) is 10.9. The smallest absolute Gasteiger partial charge is 0.240 e. The number of hydrogen-bond donors (Lipinski definition) is 0. The SMILES string of the molecule is COc1cc(OC)n2cc(-c3ccc(C)o3)nc2n1. The summed E-state index contributed by atoms with van der Waals surface area (Å²) < 4.78 is 17.7. The summed E-state index contributed by atoms with van der Waals surface area (Å²) in [5, 5.41) is 0. The molecule has 0 aromatic carbocycles. The molecule has 6 heteroatoms. The number of aryl methyl sites for hydroxylation is 1. The van der Waals surface area contributed by atoms with E-state index in [0.29, 0.717) is 29.0 Å². The van der Waals surface area contributed by atoms with Gasteiger partial charge in [0.2, 0.25) is 17.5 Å². The van der Waals surface area contributed by atoms with Crippen molar-refractivity contribution in [3.05, 3.63) is 30.2 Å². The molecule has 0 unspecified atom stereocenters. The van der Waals surface area contributed by atoms with Crippen LogP contribution >= 0.6 is 0 Å². The topological polar surface area (TPSA) is 61.8 Å². The Kier molecular flexibility index (Phi) is 2.63. The Labute approximate surface area is 109 Å². The predicted octanol–water partition coefficient (Wildman–Crippen LogP) is 2.31. The minimum absolute atomic E-state index is 0.456. The summed E-state index contributed by atoms with van der Waals surface area (Å²) in [5.41, 5.74) is 0.701. The van der Waals surface area contributed by atoms with Gasteiger partial charge in [-0.25, -0.2) is 4.98 Å². The molecule has 0 spiro atoms. The van der Waals surface area contributed by atoms with Gasteiger partial charge in [-0.2, -0.15) is 4.98 Å². The quantitative estimate of drug-likeness (QED) is 0.722. The predicted molar refractivity (Wildman–Crippen MR) is 68.5 cm³/mol. The largest absolute Gasteiger partial charge is 0.482 e. The number of hydrogen-bond acceptors (Lipinski definition) is 5. The van der Waals surface area contributed by atoms with Gasteiger partial charge in [-0.15, -0.1) is 0 Å². The second-order valence-electron chi connectivity index (χ2n) is 4.05. The second kappa shape index (κ2) is 4.31. The molecule has 0 radical (unpaired) electrons.